The van der Waals surface area contributed by atoms with Gasteiger partial charge < -0.3 is 19.7 Å². The average molecular weight is 974 g/mol. The predicted molar refractivity (Wildman–Crippen MR) is 297 cm³/mol. The third kappa shape index (κ3) is 45.0. The van der Waals surface area contributed by atoms with Gasteiger partial charge in [-0.15, -0.1) is 0 Å². The third-order valence-corrected chi connectivity index (χ3v) is 15.5. The first-order valence-electron chi connectivity index (χ1n) is 31.3. The molecule has 0 aromatic rings. The van der Waals surface area contributed by atoms with E-state index in [0.717, 1.165) is 19.3 Å². The molecular formula is C63H120O6. The lowest BCUT2D eigenvalue weighted by atomic mass is 9.92. The summed E-state index contributed by atoms with van der Waals surface area (Å²) in [6, 6.07) is 0. The fourth-order valence-electron chi connectivity index (χ4n) is 10.4. The van der Waals surface area contributed by atoms with Gasteiger partial charge in [-0.05, 0) is 32.1 Å². The number of esters is 2. The molecule has 0 aromatic heterocycles. The second-order valence-corrected chi connectivity index (χ2v) is 22.4. The van der Waals surface area contributed by atoms with Crippen LogP contribution >= 0.6 is 0 Å². The van der Waals surface area contributed by atoms with E-state index in [0.29, 0.717) is 6.42 Å². The second-order valence-electron chi connectivity index (χ2n) is 22.4. The number of rotatable bonds is 54. The Morgan fingerprint density at radius 1 is 0.377 bits per heavy atom. The molecule has 1 unspecified atom stereocenters. The molecule has 0 saturated carbocycles. The lowest BCUT2D eigenvalue weighted by Gasteiger charge is -2.27. The van der Waals surface area contributed by atoms with Crippen LogP contribution in [0.5, 0.6) is 0 Å². The maximum Gasteiger partial charge on any atom is 0.309 e. The number of aliphatic hydroxyl groups is 2. The number of carbonyl (C=O) groups is 2. The van der Waals surface area contributed by atoms with Crippen molar-refractivity contribution in [3.8, 4) is 0 Å². The van der Waals surface area contributed by atoms with Crippen LogP contribution in [0.15, 0.2) is 12.2 Å². The zero-order chi connectivity index (χ0) is 49.7. The quantitative estimate of drug-likeness (QED) is 0.0358. The van der Waals surface area contributed by atoms with E-state index >= 15 is 0 Å². The van der Waals surface area contributed by atoms with E-state index in [-0.39, 0.29) is 19.6 Å². The molecule has 0 aromatic carbocycles. The molecule has 0 amide bonds. The lowest BCUT2D eigenvalue weighted by molar-refractivity contribution is -0.155. The van der Waals surface area contributed by atoms with E-state index in [2.05, 4.69) is 19.1 Å². The number of carbonyl (C=O) groups excluding carboxylic acids is 2. The number of allylic oxidation sites excluding steroid dienone is 2. The molecule has 0 bridgehead atoms. The zero-order valence-electron chi connectivity index (χ0n) is 46.4. The summed E-state index contributed by atoms with van der Waals surface area (Å²) >= 11 is 0. The molecule has 2 N–H and O–H groups in total. The summed E-state index contributed by atoms with van der Waals surface area (Å²) in [6.45, 7) is 1.21. The van der Waals surface area contributed by atoms with Gasteiger partial charge in [0.1, 0.15) is 13.2 Å². The fourth-order valence-corrected chi connectivity index (χ4v) is 10.4. The molecular weight excluding hydrogens is 853 g/mol. The standard InChI is InChI=1S/C63H120O6/c1-2-3-4-5-6-7-8-9-10-11-12-13-14-15-16-17-18-19-20-21-22-23-24-25-26-27-28-29-30-31-32-33-34-35-36-37-38-39-40-41-42-43-44-45-46-47-48-49-50-51-52-53-54-60-55-61(66)68-58-63(56-64,57-65)59-69-62(60)67/h28-29,60,64-65H,2-27,30-59H2,1H3/b29-28+. The molecule has 408 valence electrons. The van der Waals surface area contributed by atoms with Gasteiger partial charge in [0.25, 0.3) is 0 Å². The van der Waals surface area contributed by atoms with Crippen molar-refractivity contribution in [2.75, 3.05) is 26.4 Å². The number of aliphatic hydroxyl groups excluding tert-OH is 2. The minimum atomic E-state index is -1.12. The molecule has 1 rings (SSSR count). The summed E-state index contributed by atoms with van der Waals surface area (Å²) in [6.07, 6.45) is 75.7. The van der Waals surface area contributed by atoms with E-state index in [4.69, 9.17) is 9.47 Å². The van der Waals surface area contributed by atoms with Crippen molar-refractivity contribution < 1.29 is 29.3 Å². The van der Waals surface area contributed by atoms with Gasteiger partial charge in [-0.2, -0.15) is 0 Å². The summed E-state index contributed by atoms with van der Waals surface area (Å²) < 4.78 is 10.6. The van der Waals surface area contributed by atoms with Crippen molar-refractivity contribution in [2.45, 2.75) is 341 Å². The predicted octanol–water partition coefficient (Wildman–Crippen LogP) is 19.5. The normalized spacial score (nSPS) is 15.4. The SMILES string of the molecule is CCCCCCCCCCCCCCCCCCCCCCCCCCC/C=C/CCCCCCCCCCCCCCCCCCCCCCCCCC1CC(=O)OCC(CO)(CO)COC1=O. The molecule has 0 radical (unpaired) electrons. The number of unbranched alkanes of at least 4 members (excludes halogenated alkanes) is 48. The highest BCUT2D eigenvalue weighted by atomic mass is 16.6. The van der Waals surface area contributed by atoms with Crippen LogP contribution in [-0.2, 0) is 19.1 Å². The first-order valence-corrected chi connectivity index (χ1v) is 31.3. The van der Waals surface area contributed by atoms with E-state index in [1.807, 2.05) is 0 Å². The Balaban J connectivity index is 1.69. The van der Waals surface area contributed by atoms with Gasteiger partial charge >= 0.3 is 11.9 Å². The molecule has 1 aliphatic rings. The molecule has 1 fully saturated rings. The number of hydrogen-bond acceptors (Lipinski definition) is 6. The molecule has 1 saturated heterocycles. The van der Waals surface area contributed by atoms with Crippen molar-refractivity contribution >= 4 is 11.9 Å². The largest absolute Gasteiger partial charge is 0.465 e. The second kappa shape index (κ2) is 52.9. The smallest absolute Gasteiger partial charge is 0.309 e. The minimum Gasteiger partial charge on any atom is -0.465 e. The Morgan fingerprint density at radius 3 is 0.899 bits per heavy atom. The maximum absolute atomic E-state index is 12.5. The maximum atomic E-state index is 12.5. The highest BCUT2D eigenvalue weighted by Gasteiger charge is 2.36. The van der Waals surface area contributed by atoms with Gasteiger partial charge in [0.05, 0.1) is 31.0 Å². The first-order chi connectivity index (χ1) is 34.1. The van der Waals surface area contributed by atoms with Crippen molar-refractivity contribution in [1.29, 1.82) is 0 Å². The fraction of sp³-hybridized carbons (Fsp3) is 0.937. The van der Waals surface area contributed by atoms with Crippen LogP contribution in [0.25, 0.3) is 0 Å². The van der Waals surface area contributed by atoms with Gasteiger partial charge in [0.2, 0.25) is 0 Å². The van der Waals surface area contributed by atoms with Crippen LogP contribution in [0.4, 0.5) is 0 Å². The number of cyclic esters (lactones) is 2. The van der Waals surface area contributed by atoms with Crippen LogP contribution < -0.4 is 0 Å². The average Bonchev–Trinajstić information content (AvgIpc) is 3.41. The van der Waals surface area contributed by atoms with Crippen molar-refractivity contribution in [2.24, 2.45) is 11.3 Å². The molecule has 0 aliphatic carbocycles. The van der Waals surface area contributed by atoms with Gasteiger partial charge in [0, 0.05) is 0 Å². The van der Waals surface area contributed by atoms with Crippen LogP contribution in [0, 0.1) is 11.3 Å². The third-order valence-electron chi connectivity index (χ3n) is 15.5. The molecule has 0 spiro atoms. The van der Waals surface area contributed by atoms with Crippen LogP contribution in [0.2, 0.25) is 0 Å². The monoisotopic (exact) mass is 973 g/mol. The zero-order valence-corrected chi connectivity index (χ0v) is 46.4. The van der Waals surface area contributed by atoms with Crippen molar-refractivity contribution in [3.63, 3.8) is 0 Å². The number of hydrogen-bond donors (Lipinski definition) is 2. The van der Waals surface area contributed by atoms with E-state index in [9.17, 15) is 19.8 Å². The molecule has 1 aliphatic heterocycles. The Kier molecular flexibility index (Phi) is 50.3. The lowest BCUT2D eigenvalue weighted by Crippen LogP contribution is -2.40. The van der Waals surface area contributed by atoms with E-state index < -0.39 is 36.5 Å². The highest BCUT2D eigenvalue weighted by Crippen LogP contribution is 2.25. The molecule has 6 nitrogen and oxygen atoms in total. The topological polar surface area (TPSA) is 93.1 Å². The summed E-state index contributed by atoms with van der Waals surface area (Å²) in [5, 5.41) is 19.2. The highest BCUT2D eigenvalue weighted by molar-refractivity contribution is 5.80. The van der Waals surface area contributed by atoms with Gasteiger partial charge in [-0.1, -0.05) is 314 Å². The van der Waals surface area contributed by atoms with Gasteiger partial charge in [-0.3, -0.25) is 9.59 Å². The molecule has 69 heavy (non-hydrogen) atoms. The van der Waals surface area contributed by atoms with Gasteiger partial charge in [0.15, 0.2) is 0 Å². The summed E-state index contributed by atoms with van der Waals surface area (Å²) in [5.74, 6) is -1.40. The summed E-state index contributed by atoms with van der Waals surface area (Å²) in [5.41, 5.74) is -1.12. The van der Waals surface area contributed by atoms with Crippen LogP contribution in [-0.4, -0.2) is 48.6 Å². The molecule has 6 heteroatoms. The van der Waals surface area contributed by atoms with Gasteiger partial charge in [-0.25, -0.2) is 0 Å². The van der Waals surface area contributed by atoms with Crippen molar-refractivity contribution in [3.05, 3.63) is 12.2 Å². The number of ether oxygens (including phenoxy) is 2. The van der Waals surface area contributed by atoms with Crippen LogP contribution in [0.3, 0.4) is 0 Å². The molecule has 1 atom stereocenters. The van der Waals surface area contributed by atoms with E-state index in [1.165, 1.54) is 302 Å². The Labute approximate surface area is 430 Å². The van der Waals surface area contributed by atoms with Crippen LogP contribution in [0.1, 0.15) is 341 Å². The summed E-state index contributed by atoms with van der Waals surface area (Å²) in [4.78, 5) is 24.7. The van der Waals surface area contributed by atoms with Crippen molar-refractivity contribution in [1.82, 2.24) is 0 Å². The Hall–Kier alpha value is -1.40. The Morgan fingerprint density at radius 2 is 0.623 bits per heavy atom. The summed E-state index contributed by atoms with van der Waals surface area (Å²) in [7, 11) is 0. The molecule has 1 heterocycles. The Bertz CT molecular complexity index is 1090. The first kappa shape index (κ1) is 65.6. The van der Waals surface area contributed by atoms with E-state index in [1.54, 1.807) is 0 Å². The minimum absolute atomic E-state index is 0.00433.